The van der Waals surface area contributed by atoms with Crippen molar-refractivity contribution in [3.05, 3.63) is 29.1 Å². The molecule has 1 aromatic rings. The predicted octanol–water partition coefficient (Wildman–Crippen LogP) is 2.21. The summed E-state index contributed by atoms with van der Waals surface area (Å²) < 4.78 is 5.25. The van der Waals surface area contributed by atoms with E-state index in [1.807, 2.05) is 0 Å². The Morgan fingerprint density at radius 1 is 1.39 bits per heavy atom. The molecule has 18 heavy (non-hydrogen) atoms. The number of hydrogen-bond acceptors (Lipinski definition) is 3. The van der Waals surface area contributed by atoms with E-state index in [9.17, 15) is 0 Å². The zero-order valence-electron chi connectivity index (χ0n) is 11.4. The Kier molecular flexibility index (Phi) is 3.35. The monoisotopic (exact) mass is 246 g/mol. The molecule has 3 heterocycles. The average molecular weight is 246 g/mol. The summed E-state index contributed by atoms with van der Waals surface area (Å²) in [5.74, 6) is 1.29. The molecule has 0 saturated carbocycles. The summed E-state index contributed by atoms with van der Waals surface area (Å²) in [7, 11) is 0. The normalized spacial score (nSPS) is 20.8. The van der Waals surface area contributed by atoms with Gasteiger partial charge in [-0.05, 0) is 17.5 Å². The van der Waals surface area contributed by atoms with E-state index >= 15 is 0 Å². The number of hydrogen-bond donors (Lipinski definition) is 0. The Morgan fingerprint density at radius 3 is 2.89 bits per heavy atom. The quantitative estimate of drug-likeness (QED) is 0.817. The molecular formula is C15H22N2O. The predicted molar refractivity (Wildman–Crippen MR) is 71.6 cm³/mol. The van der Waals surface area contributed by atoms with E-state index in [-0.39, 0.29) is 0 Å². The van der Waals surface area contributed by atoms with Crippen LogP contribution in [0.4, 0.5) is 0 Å². The summed E-state index contributed by atoms with van der Waals surface area (Å²) in [6.45, 7) is 9.73. The SMILES string of the molecule is CC(C)c1ccc2c(n1)CCN(CC1COC1)C2. The van der Waals surface area contributed by atoms with Crippen molar-refractivity contribution in [3.63, 3.8) is 0 Å². The molecule has 3 heteroatoms. The molecular weight excluding hydrogens is 224 g/mol. The molecule has 1 saturated heterocycles. The molecule has 1 fully saturated rings. The van der Waals surface area contributed by atoms with Crippen molar-refractivity contribution in [2.24, 2.45) is 5.92 Å². The fourth-order valence-corrected chi connectivity index (χ4v) is 2.72. The first-order valence-corrected chi connectivity index (χ1v) is 7.01. The minimum atomic E-state index is 0.528. The van der Waals surface area contributed by atoms with Gasteiger partial charge in [0, 0.05) is 43.4 Å². The fraction of sp³-hybridized carbons (Fsp3) is 0.667. The minimum Gasteiger partial charge on any atom is -0.381 e. The van der Waals surface area contributed by atoms with Crippen molar-refractivity contribution in [1.29, 1.82) is 0 Å². The smallest absolute Gasteiger partial charge is 0.0528 e. The molecule has 3 nitrogen and oxygen atoms in total. The van der Waals surface area contributed by atoms with Crippen molar-refractivity contribution in [1.82, 2.24) is 9.88 Å². The fourth-order valence-electron chi connectivity index (χ4n) is 2.72. The van der Waals surface area contributed by atoms with E-state index in [1.165, 1.54) is 23.5 Å². The van der Waals surface area contributed by atoms with Crippen LogP contribution in [0, 0.1) is 5.92 Å². The number of fused-ring (bicyclic) bond motifs is 1. The van der Waals surface area contributed by atoms with Gasteiger partial charge in [0.15, 0.2) is 0 Å². The van der Waals surface area contributed by atoms with Gasteiger partial charge in [0.2, 0.25) is 0 Å². The van der Waals surface area contributed by atoms with E-state index in [0.29, 0.717) is 5.92 Å². The first kappa shape index (κ1) is 12.1. The van der Waals surface area contributed by atoms with Gasteiger partial charge in [-0.15, -0.1) is 0 Å². The second-order valence-corrected chi connectivity index (χ2v) is 5.89. The van der Waals surface area contributed by atoms with Gasteiger partial charge in [-0.3, -0.25) is 9.88 Å². The van der Waals surface area contributed by atoms with E-state index in [2.05, 4.69) is 30.9 Å². The van der Waals surface area contributed by atoms with Gasteiger partial charge in [0.25, 0.3) is 0 Å². The summed E-state index contributed by atoms with van der Waals surface area (Å²) in [5, 5.41) is 0. The third-order valence-electron chi connectivity index (χ3n) is 3.96. The van der Waals surface area contributed by atoms with Crippen molar-refractivity contribution >= 4 is 0 Å². The largest absolute Gasteiger partial charge is 0.381 e. The van der Waals surface area contributed by atoms with Gasteiger partial charge in [0.05, 0.1) is 13.2 Å². The molecule has 0 atom stereocenters. The van der Waals surface area contributed by atoms with Gasteiger partial charge in [0.1, 0.15) is 0 Å². The zero-order chi connectivity index (χ0) is 12.5. The van der Waals surface area contributed by atoms with E-state index in [1.54, 1.807) is 0 Å². The lowest BCUT2D eigenvalue weighted by Crippen LogP contribution is -2.41. The summed E-state index contributed by atoms with van der Waals surface area (Å²) in [5.41, 5.74) is 3.97. The molecule has 0 aromatic carbocycles. The van der Waals surface area contributed by atoms with Crippen LogP contribution < -0.4 is 0 Å². The summed E-state index contributed by atoms with van der Waals surface area (Å²) in [6.07, 6.45) is 1.10. The molecule has 0 unspecified atom stereocenters. The van der Waals surface area contributed by atoms with Crippen LogP contribution in [0.15, 0.2) is 12.1 Å². The van der Waals surface area contributed by atoms with Crippen LogP contribution in [0.2, 0.25) is 0 Å². The number of aromatic nitrogens is 1. The van der Waals surface area contributed by atoms with Crippen molar-refractivity contribution in [3.8, 4) is 0 Å². The summed E-state index contributed by atoms with van der Waals surface area (Å²) >= 11 is 0. The first-order chi connectivity index (χ1) is 8.72. The van der Waals surface area contributed by atoms with Gasteiger partial charge < -0.3 is 4.74 Å². The van der Waals surface area contributed by atoms with Gasteiger partial charge in [-0.25, -0.2) is 0 Å². The van der Waals surface area contributed by atoms with Crippen molar-refractivity contribution < 1.29 is 4.74 Å². The molecule has 0 spiro atoms. The molecule has 0 N–H and O–H groups in total. The Morgan fingerprint density at radius 2 is 2.22 bits per heavy atom. The van der Waals surface area contributed by atoms with Crippen molar-refractivity contribution in [2.75, 3.05) is 26.3 Å². The highest BCUT2D eigenvalue weighted by Crippen LogP contribution is 2.22. The molecule has 0 amide bonds. The molecule has 2 aliphatic heterocycles. The maximum Gasteiger partial charge on any atom is 0.0528 e. The van der Waals surface area contributed by atoms with Gasteiger partial charge in [-0.1, -0.05) is 19.9 Å². The maximum absolute atomic E-state index is 5.25. The van der Waals surface area contributed by atoms with E-state index in [4.69, 9.17) is 9.72 Å². The zero-order valence-corrected chi connectivity index (χ0v) is 11.4. The molecule has 98 valence electrons. The van der Waals surface area contributed by atoms with Crippen LogP contribution in [0.1, 0.15) is 36.7 Å². The molecule has 0 radical (unpaired) electrons. The number of nitrogens with zero attached hydrogens (tertiary/aromatic N) is 2. The standard InChI is InChI=1S/C15H22N2O/c1-11(2)14-4-3-13-8-17(6-5-15(13)16-14)7-12-9-18-10-12/h3-4,11-12H,5-10H2,1-2H3. The van der Waals surface area contributed by atoms with E-state index in [0.717, 1.165) is 38.6 Å². The second kappa shape index (κ2) is 4.98. The minimum absolute atomic E-state index is 0.528. The maximum atomic E-state index is 5.25. The van der Waals surface area contributed by atoms with E-state index < -0.39 is 0 Å². The highest BCUT2D eigenvalue weighted by Gasteiger charge is 2.24. The van der Waals surface area contributed by atoms with Crippen LogP contribution in [-0.2, 0) is 17.7 Å². The average Bonchev–Trinajstić information content (AvgIpc) is 2.33. The highest BCUT2D eigenvalue weighted by molar-refractivity contribution is 5.26. The Balaban J connectivity index is 1.68. The molecule has 1 aromatic heterocycles. The van der Waals surface area contributed by atoms with Crippen molar-refractivity contribution in [2.45, 2.75) is 32.7 Å². The molecule has 0 aliphatic carbocycles. The third-order valence-corrected chi connectivity index (χ3v) is 3.96. The molecule has 3 rings (SSSR count). The topological polar surface area (TPSA) is 25.4 Å². The van der Waals surface area contributed by atoms with Gasteiger partial charge >= 0.3 is 0 Å². The molecule has 2 aliphatic rings. The Hall–Kier alpha value is -0.930. The molecule has 0 bridgehead atoms. The van der Waals surface area contributed by atoms with Crippen LogP contribution >= 0.6 is 0 Å². The summed E-state index contributed by atoms with van der Waals surface area (Å²) in [6, 6.07) is 4.47. The second-order valence-electron chi connectivity index (χ2n) is 5.89. The number of pyridine rings is 1. The van der Waals surface area contributed by atoms with Crippen LogP contribution in [0.3, 0.4) is 0 Å². The van der Waals surface area contributed by atoms with Crippen LogP contribution in [0.5, 0.6) is 0 Å². The number of rotatable bonds is 3. The number of ether oxygens (including phenoxy) is 1. The summed E-state index contributed by atoms with van der Waals surface area (Å²) in [4.78, 5) is 7.36. The lowest BCUT2D eigenvalue weighted by atomic mass is 10.0. The lowest BCUT2D eigenvalue weighted by molar-refractivity contribution is -0.0480. The Bertz CT molecular complexity index is 427. The van der Waals surface area contributed by atoms with Gasteiger partial charge in [-0.2, -0.15) is 0 Å². The Labute approximate surface area is 109 Å². The van der Waals surface area contributed by atoms with Crippen LogP contribution in [0.25, 0.3) is 0 Å². The lowest BCUT2D eigenvalue weighted by Gasteiger charge is -2.35. The highest BCUT2D eigenvalue weighted by atomic mass is 16.5. The van der Waals surface area contributed by atoms with Crippen LogP contribution in [-0.4, -0.2) is 36.2 Å². The third kappa shape index (κ3) is 2.43. The first-order valence-electron chi connectivity index (χ1n) is 7.01.